The van der Waals surface area contributed by atoms with Crippen LogP contribution in [0.15, 0.2) is 48.5 Å². The summed E-state index contributed by atoms with van der Waals surface area (Å²) in [4.78, 5) is 0. The molecule has 1 aliphatic rings. The average Bonchev–Trinajstić information content (AvgIpc) is 2.80. The summed E-state index contributed by atoms with van der Waals surface area (Å²) in [6.07, 6.45) is 0. The normalized spacial score (nSPS) is 18.6. The molecule has 0 fully saturated rings. The van der Waals surface area contributed by atoms with Crippen molar-refractivity contribution in [1.82, 2.24) is 0 Å². The summed E-state index contributed by atoms with van der Waals surface area (Å²) in [6, 6.07) is 16.8. The number of hydrogen-bond donors (Lipinski definition) is 0. The van der Waals surface area contributed by atoms with Gasteiger partial charge in [0.05, 0.1) is 26.4 Å². The smallest absolute Gasteiger partial charge is 0.123 e. The van der Waals surface area contributed by atoms with Gasteiger partial charge in [-0.3, -0.25) is 0 Å². The van der Waals surface area contributed by atoms with Crippen LogP contribution in [0.2, 0.25) is 0 Å². The molecule has 0 saturated carbocycles. The largest absolute Gasteiger partial charge is 0.492 e. The number of para-hydroxylation sites is 2. The Labute approximate surface area is 204 Å². The van der Waals surface area contributed by atoms with E-state index in [0.717, 1.165) is 83.9 Å². The molecular formula is C24H32O3S4. The van der Waals surface area contributed by atoms with E-state index in [-0.39, 0.29) is 0 Å². The highest BCUT2D eigenvalue weighted by atomic mass is 32.2. The Morgan fingerprint density at radius 1 is 0.484 bits per heavy atom. The summed E-state index contributed by atoms with van der Waals surface area (Å²) < 4.78 is 17.9. The van der Waals surface area contributed by atoms with Crippen molar-refractivity contribution < 1.29 is 14.2 Å². The van der Waals surface area contributed by atoms with Crippen LogP contribution in [-0.2, 0) is 16.2 Å². The number of fused-ring (bicyclic) bond motifs is 2. The minimum atomic E-state index is 0.762. The van der Waals surface area contributed by atoms with E-state index in [9.17, 15) is 0 Å². The molecule has 170 valence electrons. The third-order valence-electron chi connectivity index (χ3n) is 4.55. The highest BCUT2D eigenvalue weighted by Crippen LogP contribution is 2.25. The molecule has 0 aliphatic carbocycles. The van der Waals surface area contributed by atoms with Gasteiger partial charge in [0.1, 0.15) is 11.5 Å². The zero-order valence-corrected chi connectivity index (χ0v) is 21.2. The Balaban J connectivity index is 1.46. The van der Waals surface area contributed by atoms with Gasteiger partial charge in [-0.1, -0.05) is 36.4 Å². The first-order valence-electron chi connectivity index (χ1n) is 10.7. The van der Waals surface area contributed by atoms with E-state index in [1.54, 1.807) is 0 Å². The first-order chi connectivity index (χ1) is 15.4. The second-order valence-electron chi connectivity index (χ2n) is 6.85. The Bertz CT molecular complexity index is 683. The highest BCUT2D eigenvalue weighted by Gasteiger charge is 2.05. The van der Waals surface area contributed by atoms with E-state index in [1.165, 1.54) is 11.1 Å². The minimum Gasteiger partial charge on any atom is -0.492 e. The van der Waals surface area contributed by atoms with Gasteiger partial charge in [0.2, 0.25) is 0 Å². The van der Waals surface area contributed by atoms with Crippen molar-refractivity contribution in [2.24, 2.45) is 0 Å². The van der Waals surface area contributed by atoms with E-state index >= 15 is 0 Å². The van der Waals surface area contributed by atoms with Gasteiger partial charge < -0.3 is 14.2 Å². The van der Waals surface area contributed by atoms with Crippen LogP contribution >= 0.6 is 47.0 Å². The molecule has 0 unspecified atom stereocenters. The predicted molar refractivity (Wildman–Crippen MR) is 142 cm³/mol. The van der Waals surface area contributed by atoms with Crippen molar-refractivity contribution in [3.05, 3.63) is 59.7 Å². The van der Waals surface area contributed by atoms with E-state index in [2.05, 4.69) is 48.5 Å². The van der Waals surface area contributed by atoms with Crippen LogP contribution in [-0.4, -0.2) is 60.9 Å². The van der Waals surface area contributed by atoms with E-state index in [1.807, 2.05) is 47.0 Å². The summed E-state index contributed by atoms with van der Waals surface area (Å²) in [5.41, 5.74) is 2.56. The molecule has 31 heavy (non-hydrogen) atoms. The van der Waals surface area contributed by atoms with Gasteiger partial charge in [-0.2, -0.15) is 47.0 Å². The molecule has 0 saturated heterocycles. The molecule has 1 heterocycles. The number of ether oxygens (including phenoxy) is 3. The number of hydrogen-bond acceptors (Lipinski definition) is 7. The lowest BCUT2D eigenvalue weighted by molar-refractivity contribution is 0.167. The molecule has 7 heteroatoms. The molecule has 0 radical (unpaired) electrons. The molecule has 0 spiro atoms. The van der Waals surface area contributed by atoms with Crippen LogP contribution in [0.25, 0.3) is 0 Å². The SMILES string of the molecule is c1ccc2c(c1)CSCCOCCSCc1ccccc1OCCSCCSCCO2. The maximum atomic E-state index is 6.05. The third-order valence-corrected chi connectivity index (χ3v) is 8.64. The van der Waals surface area contributed by atoms with Crippen LogP contribution in [0.1, 0.15) is 11.1 Å². The second-order valence-corrected chi connectivity index (χ2v) is 11.5. The molecule has 3 rings (SSSR count). The fraction of sp³-hybridized carbons (Fsp3) is 0.500. The Morgan fingerprint density at radius 2 is 0.935 bits per heavy atom. The fourth-order valence-electron chi connectivity index (χ4n) is 2.97. The summed E-state index contributed by atoms with van der Waals surface area (Å²) >= 11 is 7.74. The highest BCUT2D eigenvalue weighted by molar-refractivity contribution is 8.02. The van der Waals surface area contributed by atoms with Crippen molar-refractivity contribution in [2.75, 3.05) is 60.9 Å². The zero-order valence-electron chi connectivity index (χ0n) is 18.0. The Morgan fingerprint density at radius 3 is 1.45 bits per heavy atom. The van der Waals surface area contributed by atoms with Crippen LogP contribution in [0.3, 0.4) is 0 Å². The number of rotatable bonds is 0. The lowest BCUT2D eigenvalue weighted by atomic mass is 10.2. The molecule has 2 aromatic carbocycles. The van der Waals surface area contributed by atoms with Crippen LogP contribution < -0.4 is 9.47 Å². The lowest BCUT2D eigenvalue weighted by Crippen LogP contribution is -2.05. The predicted octanol–water partition coefficient (Wildman–Crippen LogP) is 6.11. The molecule has 2 aromatic rings. The Hall–Kier alpha value is -0.600. The minimum absolute atomic E-state index is 0.762. The van der Waals surface area contributed by atoms with Crippen LogP contribution in [0.4, 0.5) is 0 Å². The van der Waals surface area contributed by atoms with E-state index in [4.69, 9.17) is 14.2 Å². The monoisotopic (exact) mass is 496 g/mol. The van der Waals surface area contributed by atoms with Gasteiger partial charge in [-0.05, 0) is 12.1 Å². The maximum absolute atomic E-state index is 6.05. The van der Waals surface area contributed by atoms with Crippen LogP contribution in [0, 0.1) is 0 Å². The lowest BCUT2D eigenvalue weighted by Gasteiger charge is -2.11. The zero-order chi connectivity index (χ0) is 21.4. The average molecular weight is 497 g/mol. The molecule has 0 N–H and O–H groups in total. The molecule has 0 aromatic heterocycles. The van der Waals surface area contributed by atoms with Crippen LogP contribution in [0.5, 0.6) is 11.5 Å². The summed E-state index contributed by atoms with van der Waals surface area (Å²) in [7, 11) is 0. The molecule has 0 amide bonds. The van der Waals surface area contributed by atoms with Gasteiger partial charge in [0.25, 0.3) is 0 Å². The van der Waals surface area contributed by atoms with Gasteiger partial charge >= 0.3 is 0 Å². The number of thioether (sulfide) groups is 4. The Kier molecular flexibility index (Phi) is 13.0. The van der Waals surface area contributed by atoms with E-state index in [0.29, 0.717) is 0 Å². The molecule has 0 atom stereocenters. The van der Waals surface area contributed by atoms with Gasteiger partial charge in [-0.25, -0.2) is 0 Å². The summed E-state index contributed by atoms with van der Waals surface area (Å²) in [5.74, 6) is 10.3. The van der Waals surface area contributed by atoms with Crippen molar-refractivity contribution >= 4 is 47.0 Å². The third kappa shape index (κ3) is 10.3. The van der Waals surface area contributed by atoms with Crippen molar-refractivity contribution in [3.8, 4) is 11.5 Å². The topological polar surface area (TPSA) is 27.7 Å². The van der Waals surface area contributed by atoms with Crippen molar-refractivity contribution in [3.63, 3.8) is 0 Å². The number of benzene rings is 2. The molecule has 1 aliphatic heterocycles. The second kappa shape index (κ2) is 16.1. The summed E-state index contributed by atoms with van der Waals surface area (Å²) in [6.45, 7) is 3.11. The molecular weight excluding hydrogens is 465 g/mol. The van der Waals surface area contributed by atoms with Gasteiger partial charge in [-0.15, -0.1) is 0 Å². The molecule has 0 bridgehead atoms. The van der Waals surface area contributed by atoms with Crippen molar-refractivity contribution in [2.45, 2.75) is 11.5 Å². The first kappa shape index (κ1) is 25.0. The molecule has 3 nitrogen and oxygen atoms in total. The quantitative estimate of drug-likeness (QED) is 0.434. The van der Waals surface area contributed by atoms with E-state index < -0.39 is 0 Å². The fourth-order valence-corrected chi connectivity index (χ4v) is 6.40. The van der Waals surface area contributed by atoms with Crippen molar-refractivity contribution in [1.29, 1.82) is 0 Å². The maximum Gasteiger partial charge on any atom is 0.123 e. The summed E-state index contributed by atoms with van der Waals surface area (Å²) in [5, 5.41) is 0. The van der Waals surface area contributed by atoms with Gasteiger partial charge in [0, 0.05) is 57.1 Å². The standard InChI is InChI=1S/C24H32O3S4/c1-3-7-23-21(5-1)19-30-13-9-25-10-14-31-20-22-6-2-4-8-24(22)27-12-16-29-18-17-28-15-11-26-23/h1-8H,9-20H2. The van der Waals surface area contributed by atoms with Gasteiger partial charge in [0.15, 0.2) is 0 Å². The first-order valence-corrected chi connectivity index (χ1v) is 15.4.